The zero-order valence-electron chi connectivity index (χ0n) is 33.1. The molecule has 0 N–H and O–H groups in total. The number of fused-ring (bicyclic) bond motifs is 13. The fourth-order valence-electron chi connectivity index (χ4n) is 10.5. The highest BCUT2D eigenvalue weighted by Gasteiger charge is 2.38. The van der Waals surface area contributed by atoms with Gasteiger partial charge in [0.2, 0.25) is 0 Å². The standard InChI is InChI=1S/C56H41NS/c1-55(2)48-29-26-38(33-46(48)53-49(55)30-28-45-44-18-10-12-20-52(44)58-54(45)53)57(51-32-36-13-5-6-14-39(36)40-15-7-8-17-43(40)51)37-24-21-34(22-25-37)35-23-27-42-41-16-9-11-19-47(41)56(3,4)50(42)31-35/h5-33H,1-4H3. The van der Waals surface area contributed by atoms with Crippen LogP contribution in [0.5, 0.6) is 0 Å². The third-order valence-electron chi connectivity index (χ3n) is 13.5. The van der Waals surface area contributed by atoms with Crippen molar-refractivity contribution in [3.05, 3.63) is 198 Å². The molecule has 10 aromatic rings. The van der Waals surface area contributed by atoms with E-state index in [4.69, 9.17) is 0 Å². The van der Waals surface area contributed by atoms with E-state index in [9.17, 15) is 0 Å². The Morgan fingerprint density at radius 2 is 1.02 bits per heavy atom. The van der Waals surface area contributed by atoms with Crippen molar-refractivity contribution < 1.29 is 0 Å². The zero-order chi connectivity index (χ0) is 38.9. The number of hydrogen-bond donors (Lipinski definition) is 0. The Morgan fingerprint density at radius 1 is 0.397 bits per heavy atom. The van der Waals surface area contributed by atoms with Crippen LogP contribution in [0, 0.1) is 0 Å². The highest BCUT2D eigenvalue weighted by molar-refractivity contribution is 7.26. The minimum atomic E-state index is -0.110. The average Bonchev–Trinajstić information content (AvgIpc) is 3.83. The van der Waals surface area contributed by atoms with Gasteiger partial charge in [0.05, 0.1) is 5.69 Å². The summed E-state index contributed by atoms with van der Waals surface area (Å²) in [5.41, 5.74) is 16.8. The first-order valence-corrected chi connectivity index (χ1v) is 21.2. The van der Waals surface area contributed by atoms with Gasteiger partial charge in [-0.25, -0.2) is 0 Å². The first-order valence-electron chi connectivity index (χ1n) is 20.4. The van der Waals surface area contributed by atoms with Gasteiger partial charge in [0.15, 0.2) is 0 Å². The Balaban J connectivity index is 1.06. The first kappa shape index (κ1) is 33.6. The van der Waals surface area contributed by atoms with Crippen LogP contribution in [0.4, 0.5) is 17.1 Å². The van der Waals surface area contributed by atoms with Crippen LogP contribution in [0.1, 0.15) is 49.9 Å². The largest absolute Gasteiger partial charge is 0.310 e. The molecule has 0 bridgehead atoms. The van der Waals surface area contributed by atoms with E-state index in [1.807, 2.05) is 11.3 Å². The summed E-state index contributed by atoms with van der Waals surface area (Å²) >= 11 is 1.93. The maximum absolute atomic E-state index is 2.50. The van der Waals surface area contributed by atoms with Gasteiger partial charge in [-0.1, -0.05) is 161 Å². The van der Waals surface area contributed by atoms with Gasteiger partial charge in [-0.2, -0.15) is 0 Å². The van der Waals surface area contributed by atoms with Gasteiger partial charge in [0.1, 0.15) is 0 Å². The molecule has 1 aromatic heterocycles. The molecule has 0 fully saturated rings. The van der Waals surface area contributed by atoms with Crippen LogP contribution in [0.25, 0.3) is 75.1 Å². The molecule has 2 heteroatoms. The fourth-order valence-corrected chi connectivity index (χ4v) is 11.7. The van der Waals surface area contributed by atoms with Crippen LogP contribution < -0.4 is 4.90 Å². The molecule has 0 radical (unpaired) electrons. The van der Waals surface area contributed by atoms with Crippen LogP contribution in [-0.2, 0) is 10.8 Å². The molecule has 0 saturated carbocycles. The molecular formula is C56H41NS. The van der Waals surface area contributed by atoms with Gasteiger partial charge in [-0.15, -0.1) is 11.3 Å². The lowest BCUT2D eigenvalue weighted by Crippen LogP contribution is -2.15. The predicted molar refractivity (Wildman–Crippen MR) is 250 cm³/mol. The molecule has 0 aliphatic heterocycles. The normalized spacial score (nSPS) is 14.5. The SMILES string of the molecule is CC1(C)c2ccccc2-c2ccc(-c3ccc(N(c4ccc5c(c4)-c4c(ccc6c4sc4ccccc46)C5(C)C)c4cc5ccccc5c5ccccc45)cc3)cc21. The lowest BCUT2D eigenvalue weighted by Gasteiger charge is -2.29. The summed E-state index contributed by atoms with van der Waals surface area (Å²) in [5, 5.41) is 7.70. The minimum Gasteiger partial charge on any atom is -0.310 e. The second-order valence-corrected chi connectivity index (χ2v) is 18.3. The molecule has 58 heavy (non-hydrogen) atoms. The van der Waals surface area contributed by atoms with Crippen LogP contribution >= 0.6 is 11.3 Å². The van der Waals surface area contributed by atoms with Gasteiger partial charge >= 0.3 is 0 Å². The molecule has 9 aromatic carbocycles. The van der Waals surface area contributed by atoms with Gasteiger partial charge in [-0.05, 0) is 109 Å². The summed E-state index contributed by atoms with van der Waals surface area (Å²) < 4.78 is 2.73. The molecule has 1 nitrogen and oxygen atoms in total. The summed E-state index contributed by atoms with van der Waals surface area (Å²) in [5.74, 6) is 0. The Kier molecular flexibility index (Phi) is 6.97. The third kappa shape index (κ3) is 4.64. The van der Waals surface area contributed by atoms with E-state index in [1.165, 1.54) is 103 Å². The monoisotopic (exact) mass is 759 g/mol. The molecule has 276 valence electrons. The topological polar surface area (TPSA) is 3.24 Å². The molecule has 0 saturated heterocycles. The Morgan fingerprint density at radius 3 is 1.86 bits per heavy atom. The predicted octanol–water partition coefficient (Wildman–Crippen LogP) is 16.1. The highest BCUT2D eigenvalue weighted by Crippen LogP contribution is 2.56. The van der Waals surface area contributed by atoms with Crippen molar-refractivity contribution >= 4 is 70.1 Å². The van der Waals surface area contributed by atoms with Crippen LogP contribution in [-0.4, -0.2) is 0 Å². The quantitative estimate of drug-likeness (QED) is 0.162. The second-order valence-electron chi connectivity index (χ2n) is 17.3. The number of anilines is 3. The van der Waals surface area contributed by atoms with Gasteiger partial charge in [-0.3, -0.25) is 0 Å². The Labute approximate surface area is 343 Å². The number of nitrogens with zero attached hydrogens (tertiary/aromatic N) is 1. The molecule has 12 rings (SSSR count). The summed E-state index contributed by atoms with van der Waals surface area (Å²) in [6.07, 6.45) is 0. The van der Waals surface area contributed by atoms with E-state index in [0.717, 1.165) is 11.4 Å². The van der Waals surface area contributed by atoms with Crippen molar-refractivity contribution in [1.82, 2.24) is 0 Å². The summed E-state index contributed by atoms with van der Waals surface area (Å²) in [6.45, 7) is 9.50. The average molecular weight is 760 g/mol. The Bertz CT molecular complexity index is 3340. The van der Waals surface area contributed by atoms with E-state index in [0.29, 0.717) is 0 Å². The van der Waals surface area contributed by atoms with Crippen molar-refractivity contribution in [2.45, 2.75) is 38.5 Å². The molecule has 0 atom stereocenters. The number of benzene rings is 9. The van der Waals surface area contributed by atoms with Crippen LogP contribution in [0.15, 0.2) is 176 Å². The van der Waals surface area contributed by atoms with Crippen LogP contribution in [0.3, 0.4) is 0 Å². The van der Waals surface area contributed by atoms with Crippen LogP contribution in [0.2, 0.25) is 0 Å². The maximum Gasteiger partial charge on any atom is 0.0546 e. The van der Waals surface area contributed by atoms with E-state index in [1.54, 1.807) is 0 Å². The van der Waals surface area contributed by atoms with E-state index in [2.05, 4.69) is 209 Å². The molecule has 2 aliphatic carbocycles. The number of rotatable bonds is 4. The van der Waals surface area contributed by atoms with Crippen molar-refractivity contribution in [3.8, 4) is 33.4 Å². The minimum absolute atomic E-state index is 0.0437. The van der Waals surface area contributed by atoms with Crippen molar-refractivity contribution in [2.24, 2.45) is 0 Å². The maximum atomic E-state index is 2.50. The Hall–Kier alpha value is -6.48. The van der Waals surface area contributed by atoms with E-state index in [-0.39, 0.29) is 10.8 Å². The smallest absolute Gasteiger partial charge is 0.0546 e. The van der Waals surface area contributed by atoms with Crippen molar-refractivity contribution in [2.75, 3.05) is 4.90 Å². The number of hydrogen-bond acceptors (Lipinski definition) is 2. The van der Waals surface area contributed by atoms with Gasteiger partial charge < -0.3 is 4.90 Å². The summed E-state index contributed by atoms with van der Waals surface area (Å²) in [7, 11) is 0. The highest BCUT2D eigenvalue weighted by atomic mass is 32.1. The lowest BCUT2D eigenvalue weighted by molar-refractivity contribution is 0.660. The lowest BCUT2D eigenvalue weighted by atomic mass is 9.81. The molecule has 1 heterocycles. The molecule has 0 spiro atoms. The molecular weight excluding hydrogens is 719 g/mol. The van der Waals surface area contributed by atoms with Gasteiger partial charge in [0, 0.05) is 53.3 Å². The third-order valence-corrected chi connectivity index (χ3v) is 14.7. The molecule has 0 amide bonds. The summed E-state index contributed by atoms with van der Waals surface area (Å²) in [6, 6.07) is 66.2. The zero-order valence-corrected chi connectivity index (χ0v) is 33.9. The second kappa shape index (κ2) is 12.0. The van der Waals surface area contributed by atoms with E-state index < -0.39 is 0 Å². The number of thiophene rings is 1. The first-order chi connectivity index (χ1) is 28.3. The molecule has 2 aliphatic rings. The molecule has 0 unspecified atom stereocenters. The van der Waals surface area contributed by atoms with E-state index >= 15 is 0 Å². The van der Waals surface area contributed by atoms with Crippen molar-refractivity contribution in [1.29, 1.82) is 0 Å². The van der Waals surface area contributed by atoms with Crippen molar-refractivity contribution in [3.63, 3.8) is 0 Å². The van der Waals surface area contributed by atoms with Gasteiger partial charge in [0.25, 0.3) is 0 Å². The fraction of sp³-hybridized carbons (Fsp3) is 0.107. The summed E-state index contributed by atoms with van der Waals surface area (Å²) in [4.78, 5) is 2.50.